The number of amides is 1. The number of sulfonamides is 1. The Morgan fingerprint density at radius 1 is 1.44 bits per heavy atom. The van der Waals surface area contributed by atoms with Crippen LogP contribution in [0.1, 0.15) is 20.3 Å². The van der Waals surface area contributed by atoms with Gasteiger partial charge in [0.05, 0.1) is 6.07 Å². The maximum atomic E-state index is 11.2. The lowest BCUT2D eigenvalue weighted by atomic mass is 10.2. The molecule has 7 heteroatoms. The van der Waals surface area contributed by atoms with Gasteiger partial charge in [-0.2, -0.15) is 5.26 Å². The Morgan fingerprint density at radius 3 is 2.56 bits per heavy atom. The summed E-state index contributed by atoms with van der Waals surface area (Å²) in [5, 5.41) is 10.9. The Labute approximate surface area is 96.1 Å². The summed E-state index contributed by atoms with van der Waals surface area (Å²) >= 11 is 0. The SMILES string of the molecule is CC(C)CNC(=O)CCNS(=O)(=O)CC#N. The van der Waals surface area contributed by atoms with E-state index in [1.54, 1.807) is 0 Å². The molecule has 0 atom stereocenters. The zero-order valence-corrected chi connectivity index (χ0v) is 10.3. The molecule has 0 spiro atoms. The molecule has 0 aromatic rings. The van der Waals surface area contributed by atoms with Gasteiger partial charge in [0.2, 0.25) is 15.9 Å². The lowest BCUT2D eigenvalue weighted by molar-refractivity contribution is -0.121. The van der Waals surface area contributed by atoms with E-state index in [0.717, 1.165) is 0 Å². The second-order valence-corrected chi connectivity index (χ2v) is 5.57. The predicted octanol–water partition coefficient (Wildman–Crippen LogP) is -0.408. The molecule has 16 heavy (non-hydrogen) atoms. The van der Waals surface area contributed by atoms with Crippen LogP contribution in [0.5, 0.6) is 0 Å². The molecule has 1 amide bonds. The first kappa shape index (κ1) is 14.9. The van der Waals surface area contributed by atoms with Gasteiger partial charge in [-0.25, -0.2) is 13.1 Å². The highest BCUT2D eigenvalue weighted by atomic mass is 32.2. The van der Waals surface area contributed by atoms with Gasteiger partial charge in [0.1, 0.15) is 0 Å². The van der Waals surface area contributed by atoms with Crippen molar-refractivity contribution in [2.24, 2.45) is 5.92 Å². The zero-order chi connectivity index (χ0) is 12.6. The van der Waals surface area contributed by atoms with Crippen LogP contribution < -0.4 is 10.0 Å². The van der Waals surface area contributed by atoms with Crippen LogP contribution in [0.15, 0.2) is 0 Å². The van der Waals surface area contributed by atoms with Gasteiger partial charge in [0.15, 0.2) is 5.75 Å². The summed E-state index contributed by atoms with van der Waals surface area (Å²) in [7, 11) is -3.55. The minimum Gasteiger partial charge on any atom is -0.356 e. The molecule has 2 N–H and O–H groups in total. The van der Waals surface area contributed by atoms with Crippen molar-refractivity contribution in [3.63, 3.8) is 0 Å². The Bertz CT molecular complexity index is 357. The fourth-order valence-electron chi connectivity index (χ4n) is 0.862. The van der Waals surface area contributed by atoms with E-state index in [9.17, 15) is 13.2 Å². The number of carbonyl (C=O) groups excluding carboxylic acids is 1. The van der Waals surface area contributed by atoms with Crippen LogP contribution in [0.3, 0.4) is 0 Å². The van der Waals surface area contributed by atoms with Gasteiger partial charge < -0.3 is 5.32 Å². The van der Waals surface area contributed by atoms with Crippen molar-refractivity contribution in [2.75, 3.05) is 18.8 Å². The highest BCUT2D eigenvalue weighted by Gasteiger charge is 2.09. The van der Waals surface area contributed by atoms with Gasteiger partial charge in [-0.3, -0.25) is 4.79 Å². The first-order chi connectivity index (χ1) is 7.37. The van der Waals surface area contributed by atoms with Crippen molar-refractivity contribution in [3.05, 3.63) is 0 Å². The number of nitrogens with zero attached hydrogens (tertiary/aromatic N) is 1. The molecule has 0 radical (unpaired) electrons. The van der Waals surface area contributed by atoms with E-state index >= 15 is 0 Å². The van der Waals surface area contributed by atoms with Gasteiger partial charge in [0.25, 0.3) is 0 Å². The largest absolute Gasteiger partial charge is 0.356 e. The van der Waals surface area contributed by atoms with E-state index in [1.807, 2.05) is 13.8 Å². The third-order valence-corrected chi connectivity index (χ3v) is 2.79. The third kappa shape index (κ3) is 8.20. The summed E-state index contributed by atoms with van der Waals surface area (Å²) in [5.41, 5.74) is 0. The van der Waals surface area contributed by atoms with E-state index < -0.39 is 15.8 Å². The zero-order valence-electron chi connectivity index (χ0n) is 9.49. The molecule has 6 nitrogen and oxygen atoms in total. The van der Waals surface area contributed by atoms with Crippen molar-refractivity contribution in [2.45, 2.75) is 20.3 Å². The maximum absolute atomic E-state index is 11.2. The van der Waals surface area contributed by atoms with Crippen LogP contribution in [0.2, 0.25) is 0 Å². The molecule has 0 aromatic carbocycles. The first-order valence-electron chi connectivity index (χ1n) is 4.98. The summed E-state index contributed by atoms with van der Waals surface area (Å²) in [6.45, 7) is 4.53. The fraction of sp³-hybridized carbons (Fsp3) is 0.778. The molecule has 92 valence electrons. The Balaban J connectivity index is 3.75. The second kappa shape index (κ2) is 7.19. The minimum atomic E-state index is -3.55. The van der Waals surface area contributed by atoms with Crippen LogP contribution >= 0.6 is 0 Å². The van der Waals surface area contributed by atoms with E-state index in [-0.39, 0.29) is 18.9 Å². The normalized spacial score (nSPS) is 11.1. The topological polar surface area (TPSA) is 99.1 Å². The number of nitriles is 1. The highest BCUT2D eigenvalue weighted by Crippen LogP contribution is 1.89. The number of carbonyl (C=O) groups is 1. The van der Waals surface area contributed by atoms with Crippen molar-refractivity contribution < 1.29 is 13.2 Å². The lowest BCUT2D eigenvalue weighted by Gasteiger charge is -2.07. The predicted molar refractivity (Wildman–Crippen MR) is 59.9 cm³/mol. The average Bonchev–Trinajstić information content (AvgIpc) is 2.14. The average molecular weight is 247 g/mol. The second-order valence-electron chi connectivity index (χ2n) is 3.76. The standard InChI is InChI=1S/C9H17N3O3S/c1-8(2)7-11-9(13)3-5-12-16(14,15)6-4-10/h8,12H,3,5-7H2,1-2H3,(H,11,13). The van der Waals surface area contributed by atoms with Crippen LogP contribution in [-0.4, -0.2) is 33.2 Å². The minimum absolute atomic E-state index is 0.0218. The van der Waals surface area contributed by atoms with Crippen molar-refractivity contribution in [1.29, 1.82) is 5.26 Å². The Morgan fingerprint density at radius 2 is 2.06 bits per heavy atom. The monoisotopic (exact) mass is 247 g/mol. The molecule has 0 saturated carbocycles. The Hall–Kier alpha value is -1.13. The van der Waals surface area contributed by atoms with Crippen LogP contribution in [0, 0.1) is 17.2 Å². The molecule has 0 aromatic heterocycles. The molecule has 0 aliphatic rings. The van der Waals surface area contributed by atoms with E-state index in [4.69, 9.17) is 5.26 Å². The molecule has 0 heterocycles. The summed E-state index contributed by atoms with van der Waals surface area (Å²) < 4.78 is 24.2. The summed E-state index contributed by atoms with van der Waals surface area (Å²) in [6, 6.07) is 1.54. The lowest BCUT2D eigenvalue weighted by Crippen LogP contribution is -2.33. The molecule has 0 fully saturated rings. The van der Waals surface area contributed by atoms with Crippen molar-refractivity contribution in [1.82, 2.24) is 10.0 Å². The fourth-order valence-corrected chi connectivity index (χ4v) is 1.55. The van der Waals surface area contributed by atoms with Crippen molar-refractivity contribution in [3.8, 4) is 6.07 Å². The molecule has 0 bridgehead atoms. The molecular weight excluding hydrogens is 230 g/mol. The molecule has 0 rings (SSSR count). The molecule has 0 saturated heterocycles. The van der Waals surface area contributed by atoms with Crippen LogP contribution in [-0.2, 0) is 14.8 Å². The van der Waals surface area contributed by atoms with Gasteiger partial charge in [-0.1, -0.05) is 13.8 Å². The maximum Gasteiger partial charge on any atom is 0.225 e. The number of hydrogen-bond acceptors (Lipinski definition) is 4. The Kier molecular flexibility index (Phi) is 6.69. The molecule has 0 unspecified atom stereocenters. The van der Waals surface area contributed by atoms with Gasteiger partial charge in [0, 0.05) is 19.5 Å². The smallest absolute Gasteiger partial charge is 0.225 e. The van der Waals surface area contributed by atoms with E-state index in [2.05, 4.69) is 10.0 Å². The number of hydrogen-bond donors (Lipinski definition) is 2. The van der Waals surface area contributed by atoms with Crippen LogP contribution in [0.25, 0.3) is 0 Å². The highest BCUT2D eigenvalue weighted by molar-refractivity contribution is 7.89. The van der Waals surface area contributed by atoms with Gasteiger partial charge >= 0.3 is 0 Å². The van der Waals surface area contributed by atoms with Crippen molar-refractivity contribution >= 4 is 15.9 Å². The quantitative estimate of drug-likeness (QED) is 0.639. The van der Waals surface area contributed by atoms with Crippen LogP contribution in [0.4, 0.5) is 0 Å². The molecule has 0 aliphatic carbocycles. The van der Waals surface area contributed by atoms with Gasteiger partial charge in [-0.05, 0) is 5.92 Å². The third-order valence-electron chi connectivity index (χ3n) is 1.64. The summed E-state index contributed by atoms with van der Waals surface area (Å²) in [4.78, 5) is 11.2. The van der Waals surface area contributed by atoms with E-state index in [0.29, 0.717) is 12.5 Å². The molecular formula is C9H17N3O3S. The number of nitrogens with one attached hydrogen (secondary N) is 2. The summed E-state index contributed by atoms with van der Waals surface area (Å²) in [5.74, 6) is -0.423. The first-order valence-corrected chi connectivity index (χ1v) is 6.63. The number of rotatable bonds is 7. The van der Waals surface area contributed by atoms with E-state index in [1.165, 1.54) is 6.07 Å². The van der Waals surface area contributed by atoms with Gasteiger partial charge in [-0.15, -0.1) is 0 Å². The summed E-state index contributed by atoms with van der Waals surface area (Å²) in [6.07, 6.45) is 0.0807. The molecule has 0 aliphatic heterocycles.